The zero-order valence-corrected chi connectivity index (χ0v) is 12.2. The lowest BCUT2D eigenvalue weighted by molar-refractivity contribution is -0.142. The van der Waals surface area contributed by atoms with Gasteiger partial charge in [0.2, 0.25) is 0 Å². The molecule has 0 unspecified atom stereocenters. The number of nitrogens with zero attached hydrogens (tertiary/aromatic N) is 1. The molecule has 0 heterocycles. The van der Waals surface area contributed by atoms with Crippen LogP contribution in [0.2, 0.25) is 0 Å². The minimum Gasteiger partial charge on any atom is -0.466 e. The molecule has 0 amide bonds. The number of hydrogen-bond donors (Lipinski definition) is 0. The molecule has 1 aromatic rings. The molecule has 108 valence electrons. The van der Waals surface area contributed by atoms with Gasteiger partial charge < -0.3 is 9.47 Å². The van der Waals surface area contributed by atoms with Crippen LogP contribution < -0.4 is 4.74 Å². The number of alkyl halides is 3. The number of carbonyl (C=O) groups is 1. The van der Waals surface area contributed by atoms with E-state index in [1.807, 2.05) is 0 Å². The third kappa shape index (κ3) is 4.46. The van der Waals surface area contributed by atoms with Gasteiger partial charge in [0.15, 0.2) is 0 Å². The average Bonchev–Trinajstić information content (AvgIpc) is 2.40. The molecule has 0 aliphatic heterocycles. The Kier molecular flexibility index (Phi) is 6.39. The molecule has 4 nitrogen and oxygen atoms in total. The highest BCUT2D eigenvalue weighted by Crippen LogP contribution is 2.29. The van der Waals surface area contributed by atoms with Crippen LogP contribution in [0, 0.1) is 11.3 Å². The Morgan fingerprint density at radius 2 is 2.20 bits per heavy atom. The summed E-state index contributed by atoms with van der Waals surface area (Å²) in [6.07, 6.45) is -0.231. The third-order valence-electron chi connectivity index (χ3n) is 2.35. The lowest BCUT2D eigenvalue weighted by Crippen LogP contribution is -2.12. The van der Waals surface area contributed by atoms with Crippen LogP contribution in [0.4, 0.5) is 8.78 Å². The van der Waals surface area contributed by atoms with Crippen LogP contribution >= 0.6 is 15.9 Å². The first-order chi connectivity index (χ1) is 9.51. The van der Waals surface area contributed by atoms with E-state index in [9.17, 15) is 13.6 Å². The number of benzene rings is 1. The predicted octanol–water partition coefficient (Wildman–Crippen LogP) is 3.16. The van der Waals surface area contributed by atoms with E-state index in [2.05, 4.69) is 20.7 Å². The van der Waals surface area contributed by atoms with Crippen LogP contribution in [-0.2, 0) is 21.3 Å². The zero-order chi connectivity index (χ0) is 15.1. The molecule has 7 heteroatoms. The first-order valence-corrected chi connectivity index (χ1v) is 6.86. The second-order valence-electron chi connectivity index (χ2n) is 3.74. The minimum absolute atomic E-state index is 0.0402. The summed E-state index contributed by atoms with van der Waals surface area (Å²) in [5.74, 6) is -0.845. The molecule has 0 saturated carbocycles. The van der Waals surface area contributed by atoms with Gasteiger partial charge in [-0.1, -0.05) is 22.0 Å². The maximum Gasteiger partial charge on any atom is 0.387 e. The van der Waals surface area contributed by atoms with Crippen molar-refractivity contribution in [2.24, 2.45) is 0 Å². The molecular formula is C13H12BrF2NO3. The molecule has 0 aliphatic rings. The van der Waals surface area contributed by atoms with Gasteiger partial charge in [0, 0.05) is 10.9 Å². The van der Waals surface area contributed by atoms with Gasteiger partial charge in [-0.25, -0.2) is 0 Å². The van der Waals surface area contributed by atoms with Gasteiger partial charge in [0.25, 0.3) is 0 Å². The van der Waals surface area contributed by atoms with Crippen molar-refractivity contribution in [2.75, 3.05) is 6.61 Å². The third-order valence-corrected chi connectivity index (χ3v) is 2.99. The Labute approximate surface area is 123 Å². The van der Waals surface area contributed by atoms with Crippen LogP contribution in [0.15, 0.2) is 12.1 Å². The maximum atomic E-state index is 12.4. The van der Waals surface area contributed by atoms with Crippen LogP contribution in [0.5, 0.6) is 5.75 Å². The van der Waals surface area contributed by atoms with E-state index in [-0.39, 0.29) is 29.9 Å². The molecule has 0 bridgehead atoms. The molecule has 0 fully saturated rings. The van der Waals surface area contributed by atoms with Crippen LogP contribution in [-0.4, -0.2) is 19.2 Å². The molecule has 1 aromatic carbocycles. The summed E-state index contributed by atoms with van der Waals surface area (Å²) in [7, 11) is 0. The molecule has 20 heavy (non-hydrogen) atoms. The standard InChI is InChI=1S/C13H12BrF2NO3/c1-2-19-11(18)5-9-3-8(6-14)4-10(7-17)12(9)20-13(15)16/h3-4,13H,2,5-6H2,1H3. The fourth-order valence-corrected chi connectivity index (χ4v) is 1.97. The fourth-order valence-electron chi connectivity index (χ4n) is 1.64. The minimum atomic E-state index is -3.07. The molecule has 0 aromatic heterocycles. The van der Waals surface area contributed by atoms with Crippen LogP contribution in [0.3, 0.4) is 0 Å². The van der Waals surface area contributed by atoms with Crippen molar-refractivity contribution in [1.29, 1.82) is 5.26 Å². The van der Waals surface area contributed by atoms with Gasteiger partial charge in [-0.3, -0.25) is 4.79 Å². The van der Waals surface area contributed by atoms with Gasteiger partial charge in [0.05, 0.1) is 18.6 Å². The van der Waals surface area contributed by atoms with E-state index < -0.39 is 12.6 Å². The van der Waals surface area contributed by atoms with Crippen molar-refractivity contribution in [2.45, 2.75) is 25.3 Å². The number of hydrogen-bond acceptors (Lipinski definition) is 4. The Hall–Kier alpha value is -1.68. The molecule has 0 saturated heterocycles. The molecule has 0 N–H and O–H groups in total. The summed E-state index contributed by atoms with van der Waals surface area (Å²) in [6.45, 7) is -1.24. The summed E-state index contributed by atoms with van der Waals surface area (Å²) in [6, 6.07) is 4.75. The van der Waals surface area contributed by atoms with Crippen LogP contribution in [0.25, 0.3) is 0 Å². The Balaban J connectivity index is 3.22. The molecular weight excluding hydrogens is 336 g/mol. The van der Waals surface area contributed by atoms with Gasteiger partial charge in [-0.05, 0) is 18.6 Å². The highest BCUT2D eigenvalue weighted by atomic mass is 79.9. The monoisotopic (exact) mass is 347 g/mol. The van der Waals surface area contributed by atoms with Crippen molar-refractivity contribution in [1.82, 2.24) is 0 Å². The second-order valence-corrected chi connectivity index (χ2v) is 4.30. The van der Waals surface area contributed by atoms with E-state index in [0.717, 1.165) is 0 Å². The Morgan fingerprint density at radius 1 is 1.50 bits per heavy atom. The number of halogens is 3. The van der Waals surface area contributed by atoms with Gasteiger partial charge in [-0.2, -0.15) is 14.0 Å². The van der Waals surface area contributed by atoms with E-state index in [0.29, 0.717) is 10.9 Å². The van der Waals surface area contributed by atoms with Crippen molar-refractivity contribution >= 4 is 21.9 Å². The summed E-state index contributed by atoms with van der Waals surface area (Å²) in [5.41, 5.74) is 0.848. The first kappa shape index (κ1) is 16.4. The van der Waals surface area contributed by atoms with Crippen LogP contribution in [0.1, 0.15) is 23.6 Å². The largest absolute Gasteiger partial charge is 0.466 e. The number of rotatable bonds is 6. The normalized spacial score (nSPS) is 10.2. The first-order valence-electron chi connectivity index (χ1n) is 5.74. The zero-order valence-electron chi connectivity index (χ0n) is 10.7. The molecule has 0 spiro atoms. The van der Waals surface area contributed by atoms with Crippen molar-refractivity contribution in [3.05, 3.63) is 28.8 Å². The Bertz CT molecular complexity index is 529. The SMILES string of the molecule is CCOC(=O)Cc1cc(CBr)cc(C#N)c1OC(F)F. The molecule has 0 radical (unpaired) electrons. The summed E-state index contributed by atoms with van der Waals surface area (Å²) < 4.78 is 34.0. The highest BCUT2D eigenvalue weighted by molar-refractivity contribution is 9.08. The van der Waals surface area contributed by atoms with E-state index in [4.69, 9.17) is 10.00 Å². The highest BCUT2D eigenvalue weighted by Gasteiger charge is 2.18. The average molecular weight is 348 g/mol. The van der Waals surface area contributed by atoms with E-state index >= 15 is 0 Å². The molecule has 1 rings (SSSR count). The quantitative estimate of drug-likeness (QED) is 0.585. The number of esters is 1. The number of ether oxygens (including phenoxy) is 2. The van der Waals surface area contributed by atoms with E-state index in [1.54, 1.807) is 13.0 Å². The van der Waals surface area contributed by atoms with E-state index in [1.165, 1.54) is 12.1 Å². The smallest absolute Gasteiger partial charge is 0.387 e. The predicted molar refractivity (Wildman–Crippen MR) is 70.8 cm³/mol. The van der Waals surface area contributed by atoms with Gasteiger partial charge >= 0.3 is 12.6 Å². The lowest BCUT2D eigenvalue weighted by atomic mass is 10.0. The fraction of sp³-hybridized carbons (Fsp3) is 0.385. The van der Waals surface area contributed by atoms with Gasteiger partial charge in [-0.15, -0.1) is 0 Å². The van der Waals surface area contributed by atoms with Crippen molar-refractivity contribution in [3.8, 4) is 11.8 Å². The second kappa shape index (κ2) is 7.80. The van der Waals surface area contributed by atoms with Crippen molar-refractivity contribution in [3.63, 3.8) is 0 Å². The Morgan fingerprint density at radius 3 is 2.70 bits per heavy atom. The summed E-state index contributed by atoms with van der Waals surface area (Å²) in [4.78, 5) is 11.5. The number of carbonyl (C=O) groups excluding carboxylic acids is 1. The van der Waals surface area contributed by atoms with Gasteiger partial charge in [0.1, 0.15) is 11.8 Å². The summed E-state index contributed by atoms with van der Waals surface area (Å²) in [5, 5.41) is 9.43. The topological polar surface area (TPSA) is 59.3 Å². The molecule has 0 aliphatic carbocycles. The number of nitriles is 1. The maximum absolute atomic E-state index is 12.4. The van der Waals surface area contributed by atoms with Crippen molar-refractivity contribution < 1.29 is 23.0 Å². The molecule has 0 atom stereocenters. The lowest BCUT2D eigenvalue weighted by Gasteiger charge is -2.13. The summed E-state index contributed by atoms with van der Waals surface area (Å²) >= 11 is 3.21.